The van der Waals surface area contributed by atoms with E-state index in [1.165, 1.54) is 0 Å². The summed E-state index contributed by atoms with van der Waals surface area (Å²) in [6.45, 7) is 2.07. The third-order valence-corrected chi connectivity index (χ3v) is 2.56. The van der Waals surface area contributed by atoms with Gasteiger partial charge in [-0.15, -0.1) is 0 Å². The topological polar surface area (TPSA) is 44.5 Å². The van der Waals surface area contributed by atoms with E-state index in [1.54, 1.807) is 6.92 Å². The molecule has 1 fully saturated rings. The van der Waals surface area contributed by atoms with Crippen LogP contribution in [0.15, 0.2) is 18.2 Å². The average molecular weight is 229 g/mol. The highest BCUT2D eigenvalue weighted by Gasteiger charge is 2.36. The lowest BCUT2D eigenvalue weighted by atomic mass is 10.1. The molecule has 1 aliphatic rings. The van der Waals surface area contributed by atoms with Crippen LogP contribution >= 0.6 is 0 Å². The molecule has 0 aliphatic carbocycles. The molecular weight excluding hydrogens is 216 g/mol. The second kappa shape index (κ2) is 4.08. The Morgan fingerprint density at radius 2 is 1.94 bits per heavy atom. The molecule has 1 saturated heterocycles. The van der Waals surface area contributed by atoms with Gasteiger partial charge in [-0.25, -0.2) is 8.78 Å². The van der Waals surface area contributed by atoms with Gasteiger partial charge in [-0.1, -0.05) is 0 Å². The Bertz CT molecular complexity index is 390. The van der Waals surface area contributed by atoms with E-state index in [-0.39, 0.29) is 24.8 Å². The minimum Gasteiger partial charge on any atom is -0.344 e. The zero-order valence-corrected chi connectivity index (χ0v) is 8.87. The van der Waals surface area contributed by atoms with Crippen LogP contribution in [0.4, 0.5) is 8.78 Å². The van der Waals surface area contributed by atoms with Crippen molar-refractivity contribution in [3.05, 3.63) is 35.4 Å². The minimum atomic E-state index is -1.26. The van der Waals surface area contributed by atoms with Crippen molar-refractivity contribution in [1.82, 2.24) is 0 Å². The maximum Gasteiger partial charge on any atom is 0.194 e. The van der Waals surface area contributed by atoms with Crippen LogP contribution in [0.25, 0.3) is 0 Å². The second-order valence-corrected chi connectivity index (χ2v) is 3.95. The van der Waals surface area contributed by atoms with Gasteiger partial charge in [0.25, 0.3) is 0 Å². The van der Waals surface area contributed by atoms with Gasteiger partial charge in [0.2, 0.25) is 0 Å². The molecule has 0 unspecified atom stereocenters. The van der Waals surface area contributed by atoms with Crippen LogP contribution in [-0.2, 0) is 15.3 Å². The minimum absolute atomic E-state index is 0.0550. The molecule has 2 N–H and O–H groups in total. The summed E-state index contributed by atoms with van der Waals surface area (Å²) >= 11 is 0. The van der Waals surface area contributed by atoms with Gasteiger partial charge >= 0.3 is 0 Å². The third-order valence-electron chi connectivity index (χ3n) is 2.56. The van der Waals surface area contributed by atoms with E-state index in [1.807, 2.05) is 0 Å². The Morgan fingerprint density at radius 1 is 1.31 bits per heavy atom. The molecule has 5 heteroatoms. The lowest BCUT2D eigenvalue weighted by Gasteiger charge is -2.36. The van der Waals surface area contributed by atoms with Crippen LogP contribution in [0.1, 0.15) is 12.5 Å². The van der Waals surface area contributed by atoms with E-state index in [2.05, 4.69) is 0 Å². The maximum atomic E-state index is 13.5. The van der Waals surface area contributed by atoms with E-state index in [4.69, 9.17) is 15.2 Å². The molecule has 1 aromatic carbocycles. The molecule has 1 aromatic rings. The van der Waals surface area contributed by atoms with Gasteiger partial charge in [0.15, 0.2) is 5.79 Å². The average Bonchev–Trinajstić information content (AvgIpc) is 2.26. The summed E-state index contributed by atoms with van der Waals surface area (Å²) < 4.78 is 37.3. The maximum absolute atomic E-state index is 13.5. The first-order valence-electron chi connectivity index (χ1n) is 5.00. The van der Waals surface area contributed by atoms with E-state index >= 15 is 0 Å². The molecule has 0 aromatic heterocycles. The molecule has 1 heterocycles. The van der Waals surface area contributed by atoms with Crippen molar-refractivity contribution in [1.29, 1.82) is 0 Å². The van der Waals surface area contributed by atoms with Crippen LogP contribution in [-0.4, -0.2) is 19.3 Å². The molecule has 0 amide bonds. The number of benzene rings is 1. The molecule has 0 bridgehead atoms. The van der Waals surface area contributed by atoms with Crippen LogP contribution in [0, 0.1) is 11.6 Å². The standard InChI is InChI=1S/C11H13F2NO2/c1-11(15-5-8(14)6-16-11)9-4-7(12)2-3-10(9)13/h2-4,8H,5-6,14H2,1H3. The molecular formula is C11H13F2NO2. The van der Waals surface area contributed by atoms with Crippen molar-refractivity contribution < 1.29 is 18.3 Å². The van der Waals surface area contributed by atoms with Gasteiger partial charge in [0, 0.05) is 5.56 Å². The fourth-order valence-electron chi connectivity index (χ4n) is 1.62. The first kappa shape index (κ1) is 11.4. The molecule has 0 radical (unpaired) electrons. The molecule has 1 aliphatic heterocycles. The zero-order valence-electron chi connectivity index (χ0n) is 8.87. The van der Waals surface area contributed by atoms with Crippen molar-refractivity contribution in [2.45, 2.75) is 18.8 Å². The molecule has 2 rings (SSSR count). The molecule has 0 atom stereocenters. The summed E-state index contributed by atoms with van der Waals surface area (Å²) in [6.07, 6.45) is 0. The number of halogens is 2. The quantitative estimate of drug-likeness (QED) is 0.793. The van der Waals surface area contributed by atoms with Crippen molar-refractivity contribution in [2.24, 2.45) is 5.73 Å². The SMILES string of the molecule is CC1(c2cc(F)ccc2F)OCC(N)CO1. The van der Waals surface area contributed by atoms with Gasteiger partial charge in [0.1, 0.15) is 11.6 Å². The normalized spacial score (nSPS) is 30.4. The van der Waals surface area contributed by atoms with Crippen LogP contribution < -0.4 is 5.73 Å². The van der Waals surface area contributed by atoms with Crippen molar-refractivity contribution in [3.8, 4) is 0 Å². The smallest absolute Gasteiger partial charge is 0.194 e. The summed E-state index contributed by atoms with van der Waals surface area (Å²) in [7, 11) is 0. The molecule has 88 valence electrons. The monoisotopic (exact) mass is 229 g/mol. The van der Waals surface area contributed by atoms with Gasteiger partial charge in [-0.05, 0) is 25.1 Å². The first-order chi connectivity index (χ1) is 7.51. The predicted octanol–water partition coefficient (Wildman–Crippen LogP) is 1.51. The molecule has 0 spiro atoms. The Hall–Kier alpha value is -1.04. The van der Waals surface area contributed by atoms with Gasteiger partial charge in [-0.3, -0.25) is 0 Å². The number of hydrogen-bond acceptors (Lipinski definition) is 3. The highest BCUT2D eigenvalue weighted by Crippen LogP contribution is 2.32. The van der Waals surface area contributed by atoms with E-state index in [0.29, 0.717) is 0 Å². The summed E-state index contributed by atoms with van der Waals surface area (Å²) in [5, 5.41) is 0. The number of rotatable bonds is 1. The Morgan fingerprint density at radius 3 is 2.56 bits per heavy atom. The second-order valence-electron chi connectivity index (χ2n) is 3.95. The first-order valence-corrected chi connectivity index (χ1v) is 5.00. The Kier molecular flexibility index (Phi) is 2.92. The van der Waals surface area contributed by atoms with Crippen LogP contribution in [0.2, 0.25) is 0 Å². The molecule has 3 nitrogen and oxygen atoms in total. The van der Waals surface area contributed by atoms with Crippen molar-refractivity contribution in [3.63, 3.8) is 0 Å². The lowest BCUT2D eigenvalue weighted by Crippen LogP contribution is -2.46. The molecule has 16 heavy (non-hydrogen) atoms. The summed E-state index contributed by atoms with van der Waals surface area (Å²) in [6, 6.07) is 2.95. The van der Waals surface area contributed by atoms with Crippen molar-refractivity contribution >= 4 is 0 Å². The van der Waals surface area contributed by atoms with Gasteiger partial charge in [0.05, 0.1) is 19.3 Å². The third kappa shape index (κ3) is 2.07. The lowest BCUT2D eigenvalue weighted by molar-refractivity contribution is -0.271. The largest absolute Gasteiger partial charge is 0.344 e. The van der Waals surface area contributed by atoms with E-state index in [9.17, 15) is 8.78 Å². The van der Waals surface area contributed by atoms with Crippen molar-refractivity contribution in [2.75, 3.05) is 13.2 Å². The van der Waals surface area contributed by atoms with Crippen LogP contribution in [0.5, 0.6) is 0 Å². The fraction of sp³-hybridized carbons (Fsp3) is 0.455. The highest BCUT2D eigenvalue weighted by atomic mass is 19.1. The summed E-state index contributed by atoms with van der Waals surface area (Å²) in [5.41, 5.74) is 5.64. The van der Waals surface area contributed by atoms with E-state index < -0.39 is 17.4 Å². The Labute approximate surface area is 92.1 Å². The van der Waals surface area contributed by atoms with E-state index in [0.717, 1.165) is 18.2 Å². The van der Waals surface area contributed by atoms with Crippen LogP contribution in [0.3, 0.4) is 0 Å². The number of nitrogens with two attached hydrogens (primary N) is 1. The fourth-order valence-corrected chi connectivity index (χ4v) is 1.62. The highest BCUT2D eigenvalue weighted by molar-refractivity contribution is 5.23. The van der Waals surface area contributed by atoms with Gasteiger partial charge in [-0.2, -0.15) is 0 Å². The predicted molar refractivity (Wildman–Crippen MR) is 53.6 cm³/mol. The molecule has 0 saturated carbocycles. The number of hydrogen-bond donors (Lipinski definition) is 1. The summed E-state index contributed by atoms with van der Waals surface area (Å²) in [4.78, 5) is 0. The van der Waals surface area contributed by atoms with Gasteiger partial charge < -0.3 is 15.2 Å². The summed E-state index contributed by atoms with van der Waals surface area (Å²) in [5.74, 6) is -2.35. The zero-order chi connectivity index (χ0) is 11.8. The Balaban J connectivity index is 2.32. The number of ether oxygens (including phenoxy) is 2.